The largest absolute Gasteiger partial charge is 0.286 e. The summed E-state index contributed by atoms with van der Waals surface area (Å²) >= 11 is 11.8. The fourth-order valence-electron chi connectivity index (χ4n) is 2.36. The van der Waals surface area contributed by atoms with Crippen molar-refractivity contribution in [3.8, 4) is 0 Å². The van der Waals surface area contributed by atoms with Crippen molar-refractivity contribution >= 4 is 34.8 Å². The number of piperidine rings is 1. The molecule has 2 heterocycles. The van der Waals surface area contributed by atoms with Crippen molar-refractivity contribution in [2.45, 2.75) is 26.2 Å². The van der Waals surface area contributed by atoms with Crippen LogP contribution in [0.5, 0.6) is 0 Å². The molecule has 0 aliphatic carbocycles. The number of aryl methyl sites for hydroxylation is 1. The van der Waals surface area contributed by atoms with Gasteiger partial charge in [-0.3, -0.25) is 10.2 Å². The molecule has 0 atom stereocenters. The van der Waals surface area contributed by atoms with Crippen molar-refractivity contribution in [2.75, 3.05) is 13.1 Å². The third-order valence-corrected chi connectivity index (χ3v) is 4.00. The topological polar surface area (TPSA) is 50.2 Å². The van der Waals surface area contributed by atoms with Crippen LogP contribution in [0.15, 0.2) is 35.5 Å². The summed E-state index contributed by atoms with van der Waals surface area (Å²) in [5, 5.41) is 6.83. The molecule has 0 bridgehead atoms. The molecule has 1 aliphatic rings. The van der Waals surface area contributed by atoms with E-state index < -0.39 is 0 Å². The Bertz CT molecular complexity index is 657. The number of allylic oxidation sites excluding steroid dienone is 4. The fourth-order valence-corrected chi connectivity index (χ4v) is 2.74. The van der Waals surface area contributed by atoms with E-state index in [0.29, 0.717) is 21.5 Å². The number of hydrogen-bond acceptors (Lipinski definition) is 3. The summed E-state index contributed by atoms with van der Waals surface area (Å²) < 4.78 is 1.47. The van der Waals surface area contributed by atoms with Gasteiger partial charge in [-0.25, -0.2) is 9.69 Å². The van der Waals surface area contributed by atoms with Gasteiger partial charge in [-0.05, 0) is 25.8 Å². The second-order valence-electron chi connectivity index (χ2n) is 5.48. The van der Waals surface area contributed by atoms with Gasteiger partial charge >= 0.3 is 0 Å². The maximum absolute atomic E-state index is 12.4. The maximum atomic E-state index is 12.4. The number of rotatable bonds is 5. The molecule has 0 spiro atoms. The minimum absolute atomic E-state index is 0.224. The Morgan fingerprint density at radius 1 is 1.30 bits per heavy atom. The van der Waals surface area contributed by atoms with Crippen LogP contribution in [0.2, 0.25) is 0 Å². The second-order valence-corrected chi connectivity index (χ2v) is 6.37. The molecule has 1 N–H and O–H groups in total. The van der Waals surface area contributed by atoms with Crippen molar-refractivity contribution in [2.24, 2.45) is 0 Å². The van der Waals surface area contributed by atoms with Crippen molar-refractivity contribution in [1.29, 1.82) is 0 Å². The number of aromatic nitrogens is 2. The number of carbonyl (C=O) groups excluding carboxylic acids is 1. The third kappa shape index (κ3) is 4.70. The number of carbonyl (C=O) groups is 1. The van der Waals surface area contributed by atoms with Crippen molar-refractivity contribution in [3.63, 3.8) is 0 Å². The van der Waals surface area contributed by atoms with Crippen LogP contribution in [0.25, 0.3) is 5.70 Å². The predicted molar refractivity (Wildman–Crippen MR) is 94.1 cm³/mol. The smallest absolute Gasteiger partial charge is 0.283 e. The summed E-state index contributed by atoms with van der Waals surface area (Å²) in [5.74, 6) is -0.224. The van der Waals surface area contributed by atoms with Gasteiger partial charge in [0.2, 0.25) is 0 Å². The summed E-state index contributed by atoms with van der Waals surface area (Å²) in [6.07, 6.45) is 6.58. The van der Waals surface area contributed by atoms with Gasteiger partial charge in [0.05, 0.1) is 10.7 Å². The molecule has 1 saturated heterocycles. The van der Waals surface area contributed by atoms with E-state index >= 15 is 0 Å². The van der Waals surface area contributed by atoms with E-state index in [-0.39, 0.29) is 5.91 Å². The molecule has 23 heavy (non-hydrogen) atoms. The van der Waals surface area contributed by atoms with Crippen LogP contribution >= 0.6 is 23.2 Å². The summed E-state index contributed by atoms with van der Waals surface area (Å²) in [7, 11) is 0. The molecule has 7 heteroatoms. The molecule has 0 unspecified atom stereocenters. The molecule has 0 saturated carbocycles. The van der Waals surface area contributed by atoms with E-state index in [4.69, 9.17) is 23.2 Å². The highest BCUT2D eigenvalue weighted by atomic mass is 35.5. The normalized spacial score (nSPS) is 16.2. The first kappa shape index (κ1) is 17.8. The van der Waals surface area contributed by atoms with Gasteiger partial charge in [0, 0.05) is 29.9 Å². The van der Waals surface area contributed by atoms with Gasteiger partial charge in [0.25, 0.3) is 5.91 Å². The highest BCUT2D eigenvalue weighted by molar-refractivity contribution is 6.38. The molecule has 1 aromatic heterocycles. The number of hydrazine groups is 1. The van der Waals surface area contributed by atoms with Gasteiger partial charge < -0.3 is 0 Å². The Morgan fingerprint density at radius 2 is 1.96 bits per heavy atom. The number of hydrogen-bond donors (Lipinski definition) is 1. The summed E-state index contributed by atoms with van der Waals surface area (Å²) in [5.41, 5.74) is 4.42. The van der Waals surface area contributed by atoms with Crippen LogP contribution in [0.3, 0.4) is 0 Å². The quantitative estimate of drug-likeness (QED) is 0.820. The number of amides is 1. The molecule has 5 nitrogen and oxygen atoms in total. The van der Waals surface area contributed by atoms with E-state index in [0.717, 1.165) is 31.5 Å². The van der Waals surface area contributed by atoms with Crippen LogP contribution in [0.4, 0.5) is 0 Å². The lowest BCUT2D eigenvalue weighted by atomic mass is 10.2. The van der Waals surface area contributed by atoms with E-state index in [1.54, 1.807) is 6.20 Å². The molecular weight excluding hydrogens is 335 g/mol. The van der Waals surface area contributed by atoms with Crippen LogP contribution in [0, 0.1) is 6.92 Å². The van der Waals surface area contributed by atoms with Crippen LogP contribution in [-0.4, -0.2) is 33.8 Å². The van der Waals surface area contributed by atoms with E-state index in [1.165, 1.54) is 17.2 Å². The zero-order valence-corrected chi connectivity index (χ0v) is 14.6. The van der Waals surface area contributed by atoms with Crippen molar-refractivity contribution in [3.05, 3.63) is 46.8 Å². The Hall–Kier alpha value is -1.56. The monoisotopic (exact) mass is 354 g/mol. The average molecular weight is 355 g/mol. The number of nitrogens with one attached hydrogen (secondary N) is 1. The lowest BCUT2D eigenvalue weighted by Gasteiger charge is -2.26. The molecule has 2 rings (SSSR count). The molecule has 1 aromatic rings. The predicted octanol–water partition coefficient (Wildman–Crippen LogP) is 3.67. The first-order valence-electron chi connectivity index (χ1n) is 7.42. The van der Waals surface area contributed by atoms with Crippen LogP contribution in [0.1, 0.15) is 35.3 Å². The summed E-state index contributed by atoms with van der Waals surface area (Å²) in [6.45, 7) is 11.0. The highest BCUT2D eigenvalue weighted by Crippen LogP contribution is 2.21. The maximum Gasteiger partial charge on any atom is 0.286 e. The van der Waals surface area contributed by atoms with Gasteiger partial charge in [-0.15, -0.1) is 0 Å². The summed E-state index contributed by atoms with van der Waals surface area (Å²) in [6, 6.07) is 0. The Kier molecular flexibility index (Phi) is 6.04. The van der Waals surface area contributed by atoms with Crippen molar-refractivity contribution in [1.82, 2.24) is 20.2 Å². The first-order valence-corrected chi connectivity index (χ1v) is 8.17. The van der Waals surface area contributed by atoms with Gasteiger partial charge in [-0.1, -0.05) is 42.8 Å². The Morgan fingerprint density at radius 3 is 2.57 bits per heavy atom. The molecule has 1 aliphatic heterocycles. The van der Waals surface area contributed by atoms with Gasteiger partial charge in [-0.2, -0.15) is 5.10 Å². The standard InChI is InChI=1S/C16H20Cl2N4O/c1-11-10-22(13(3)14(18)9-12(2)17)19-15(11)16(23)20-21-7-5-4-6-8-21/h9-10H,2-8H2,1H3,(H,20,23). The molecule has 0 radical (unpaired) electrons. The van der Waals surface area contributed by atoms with Gasteiger partial charge in [0.1, 0.15) is 0 Å². The van der Waals surface area contributed by atoms with E-state index in [1.807, 2.05) is 11.9 Å². The summed E-state index contributed by atoms with van der Waals surface area (Å²) in [4.78, 5) is 12.4. The van der Waals surface area contributed by atoms with Crippen molar-refractivity contribution < 1.29 is 4.79 Å². The number of nitrogens with zero attached hydrogens (tertiary/aromatic N) is 3. The molecule has 124 valence electrons. The molecule has 0 aromatic carbocycles. The minimum atomic E-state index is -0.224. The lowest BCUT2D eigenvalue weighted by Crippen LogP contribution is -2.45. The first-order chi connectivity index (χ1) is 10.9. The average Bonchev–Trinajstić information content (AvgIpc) is 2.88. The highest BCUT2D eigenvalue weighted by Gasteiger charge is 2.19. The minimum Gasteiger partial charge on any atom is -0.283 e. The fraction of sp³-hybridized carbons (Fsp3) is 0.375. The van der Waals surface area contributed by atoms with Gasteiger partial charge in [0.15, 0.2) is 5.69 Å². The SMILES string of the molecule is C=C(Cl)C=C(Cl)C(=C)n1cc(C)c(C(=O)NN2CCCCC2)n1. The van der Waals surface area contributed by atoms with E-state index in [2.05, 4.69) is 23.7 Å². The lowest BCUT2D eigenvalue weighted by molar-refractivity contribution is 0.0743. The zero-order chi connectivity index (χ0) is 17.0. The zero-order valence-electron chi connectivity index (χ0n) is 13.1. The molecular formula is C16H20Cl2N4O. The Balaban J connectivity index is 2.12. The van der Waals surface area contributed by atoms with E-state index in [9.17, 15) is 4.79 Å². The second kappa shape index (κ2) is 7.81. The van der Waals surface area contributed by atoms with Crippen LogP contribution < -0.4 is 5.43 Å². The third-order valence-electron chi connectivity index (χ3n) is 3.56. The van der Waals surface area contributed by atoms with Crippen LogP contribution in [-0.2, 0) is 0 Å². The number of halogens is 2. The Labute approximate surface area is 146 Å². The molecule has 1 amide bonds. The molecule has 1 fully saturated rings.